The van der Waals surface area contributed by atoms with Crippen molar-refractivity contribution in [3.8, 4) is 0 Å². The summed E-state index contributed by atoms with van der Waals surface area (Å²) >= 11 is 3.15. The summed E-state index contributed by atoms with van der Waals surface area (Å²) in [6, 6.07) is 2.47. The number of benzene rings is 1. The van der Waals surface area contributed by atoms with Crippen LogP contribution in [0.15, 0.2) is 16.6 Å². The molecule has 1 saturated carbocycles. The van der Waals surface area contributed by atoms with E-state index in [2.05, 4.69) is 21.2 Å². The number of hydrogen-bond acceptors (Lipinski definition) is 3. The molecule has 0 saturated heterocycles. The van der Waals surface area contributed by atoms with E-state index in [9.17, 15) is 14.3 Å². The molecule has 6 heteroatoms. The van der Waals surface area contributed by atoms with Crippen molar-refractivity contribution in [2.24, 2.45) is 0 Å². The van der Waals surface area contributed by atoms with Gasteiger partial charge in [0.05, 0.1) is 16.9 Å². The van der Waals surface area contributed by atoms with E-state index in [0.717, 1.165) is 25.7 Å². The third-order valence-electron chi connectivity index (χ3n) is 3.94. The van der Waals surface area contributed by atoms with Crippen molar-refractivity contribution in [2.75, 3.05) is 12.3 Å². The van der Waals surface area contributed by atoms with Gasteiger partial charge in [0.2, 0.25) is 0 Å². The molecule has 0 heterocycles. The molecule has 1 amide bonds. The van der Waals surface area contributed by atoms with Crippen LogP contribution in [0.3, 0.4) is 0 Å². The molecule has 0 spiro atoms. The van der Waals surface area contributed by atoms with Gasteiger partial charge in [-0.2, -0.15) is 0 Å². The monoisotopic (exact) mass is 358 g/mol. The summed E-state index contributed by atoms with van der Waals surface area (Å²) in [5.41, 5.74) is 4.84. The molecule has 1 fully saturated rings. The van der Waals surface area contributed by atoms with Gasteiger partial charge in [0.25, 0.3) is 5.91 Å². The Morgan fingerprint density at radius 1 is 1.33 bits per heavy atom. The van der Waals surface area contributed by atoms with E-state index in [1.54, 1.807) is 0 Å². The van der Waals surface area contributed by atoms with Crippen molar-refractivity contribution in [2.45, 2.75) is 44.1 Å². The van der Waals surface area contributed by atoms with Crippen molar-refractivity contribution in [3.05, 3.63) is 28.0 Å². The molecule has 1 aromatic rings. The number of carbonyl (C=O) groups excluding carboxylic acids is 1. The van der Waals surface area contributed by atoms with Crippen LogP contribution in [0.25, 0.3) is 0 Å². The molecule has 1 aliphatic carbocycles. The lowest BCUT2D eigenvalue weighted by Crippen LogP contribution is -2.42. The first-order chi connectivity index (χ1) is 9.91. The number of nitrogens with one attached hydrogen (secondary N) is 1. The maximum Gasteiger partial charge on any atom is 0.252 e. The maximum atomic E-state index is 13.3. The number of nitrogens with two attached hydrogens (primary N) is 1. The molecule has 0 aliphatic heterocycles. The fraction of sp³-hybridized carbons (Fsp3) is 0.533. The molecule has 1 aromatic carbocycles. The predicted octanol–water partition coefficient (Wildman–Crippen LogP) is 2.99. The van der Waals surface area contributed by atoms with E-state index in [4.69, 9.17) is 5.73 Å². The molecule has 0 atom stereocenters. The third-order valence-corrected chi connectivity index (χ3v) is 4.60. The maximum absolute atomic E-state index is 13.3. The minimum absolute atomic E-state index is 0.0727. The average molecular weight is 359 g/mol. The first-order valence-corrected chi connectivity index (χ1v) is 7.96. The van der Waals surface area contributed by atoms with Gasteiger partial charge in [-0.25, -0.2) is 4.39 Å². The van der Waals surface area contributed by atoms with Crippen molar-refractivity contribution in [1.29, 1.82) is 0 Å². The first kappa shape index (κ1) is 16.2. The van der Waals surface area contributed by atoms with Crippen LogP contribution in [-0.4, -0.2) is 23.2 Å². The minimum Gasteiger partial charge on any atom is -0.396 e. The standard InChI is InChI=1S/C15H20BrFN2O2/c16-11-8-12(17)13(18)7-10(11)14(20)19-9-15(21)5-3-1-2-4-6-15/h7-8,21H,1-6,9,18H2,(H,19,20). The van der Waals surface area contributed by atoms with Crippen molar-refractivity contribution < 1.29 is 14.3 Å². The van der Waals surface area contributed by atoms with Crippen LogP contribution >= 0.6 is 15.9 Å². The van der Waals surface area contributed by atoms with Gasteiger partial charge in [-0.3, -0.25) is 4.79 Å². The predicted molar refractivity (Wildman–Crippen MR) is 83.5 cm³/mol. The quantitative estimate of drug-likeness (QED) is 0.574. The molecule has 0 bridgehead atoms. The van der Waals surface area contributed by atoms with Crippen LogP contribution in [0, 0.1) is 5.82 Å². The molecule has 1 aliphatic rings. The summed E-state index contributed by atoms with van der Waals surface area (Å²) in [5.74, 6) is -0.938. The van der Waals surface area contributed by atoms with Crippen molar-refractivity contribution in [1.82, 2.24) is 5.32 Å². The highest BCUT2D eigenvalue weighted by atomic mass is 79.9. The number of anilines is 1. The van der Waals surface area contributed by atoms with Gasteiger partial charge in [-0.15, -0.1) is 0 Å². The van der Waals surface area contributed by atoms with Gasteiger partial charge in [-0.05, 0) is 40.9 Å². The molecular weight excluding hydrogens is 339 g/mol. The summed E-state index contributed by atoms with van der Waals surface area (Å²) in [7, 11) is 0. The Kier molecular flexibility index (Phi) is 5.22. The summed E-state index contributed by atoms with van der Waals surface area (Å²) in [6.45, 7) is 0.204. The average Bonchev–Trinajstić information content (AvgIpc) is 2.66. The Bertz CT molecular complexity index is 529. The highest BCUT2D eigenvalue weighted by Gasteiger charge is 2.28. The second kappa shape index (κ2) is 6.75. The number of rotatable bonds is 3. The van der Waals surface area contributed by atoms with E-state index in [1.165, 1.54) is 12.1 Å². The van der Waals surface area contributed by atoms with Crippen LogP contribution in [-0.2, 0) is 0 Å². The van der Waals surface area contributed by atoms with Gasteiger partial charge in [-0.1, -0.05) is 25.7 Å². The van der Waals surface area contributed by atoms with E-state index in [1.807, 2.05) is 0 Å². The Hall–Kier alpha value is -1.14. The molecular formula is C15H20BrFN2O2. The molecule has 0 radical (unpaired) electrons. The zero-order chi connectivity index (χ0) is 15.5. The second-order valence-electron chi connectivity index (χ2n) is 5.67. The van der Waals surface area contributed by atoms with Crippen LogP contribution < -0.4 is 11.1 Å². The van der Waals surface area contributed by atoms with E-state index in [0.29, 0.717) is 17.3 Å². The number of amides is 1. The summed E-state index contributed by atoms with van der Waals surface area (Å²) in [5, 5.41) is 13.2. The first-order valence-electron chi connectivity index (χ1n) is 7.16. The Balaban J connectivity index is 2.03. The zero-order valence-electron chi connectivity index (χ0n) is 11.8. The number of aliphatic hydroxyl groups is 1. The van der Waals surface area contributed by atoms with E-state index in [-0.39, 0.29) is 23.7 Å². The van der Waals surface area contributed by atoms with Gasteiger partial charge in [0.15, 0.2) is 0 Å². The Morgan fingerprint density at radius 3 is 2.57 bits per heavy atom. The summed E-state index contributed by atoms with van der Waals surface area (Å²) in [4.78, 5) is 12.2. The van der Waals surface area contributed by atoms with Gasteiger partial charge in [0, 0.05) is 11.0 Å². The molecule has 4 N–H and O–H groups in total. The minimum atomic E-state index is -0.843. The van der Waals surface area contributed by atoms with Gasteiger partial charge >= 0.3 is 0 Å². The van der Waals surface area contributed by atoms with Gasteiger partial charge in [0.1, 0.15) is 5.82 Å². The lowest BCUT2D eigenvalue weighted by atomic mass is 9.94. The lowest BCUT2D eigenvalue weighted by molar-refractivity contribution is 0.0246. The normalized spacial score (nSPS) is 18.0. The van der Waals surface area contributed by atoms with Crippen molar-refractivity contribution >= 4 is 27.5 Å². The molecule has 0 unspecified atom stereocenters. The molecule has 21 heavy (non-hydrogen) atoms. The topological polar surface area (TPSA) is 75.4 Å². The molecule has 2 rings (SSSR count). The zero-order valence-corrected chi connectivity index (χ0v) is 13.4. The summed E-state index contributed by atoms with van der Waals surface area (Å²) in [6.07, 6.45) is 5.58. The van der Waals surface area contributed by atoms with Crippen LogP contribution in [0.2, 0.25) is 0 Å². The highest BCUT2D eigenvalue weighted by molar-refractivity contribution is 9.10. The molecule has 0 aromatic heterocycles. The fourth-order valence-corrected chi connectivity index (χ4v) is 3.14. The van der Waals surface area contributed by atoms with Gasteiger partial charge < -0.3 is 16.2 Å². The smallest absolute Gasteiger partial charge is 0.252 e. The van der Waals surface area contributed by atoms with E-state index >= 15 is 0 Å². The summed E-state index contributed by atoms with van der Waals surface area (Å²) < 4.78 is 13.6. The molecule has 4 nitrogen and oxygen atoms in total. The second-order valence-corrected chi connectivity index (χ2v) is 6.53. The highest BCUT2D eigenvalue weighted by Crippen LogP contribution is 2.27. The molecule has 116 valence electrons. The Morgan fingerprint density at radius 2 is 1.95 bits per heavy atom. The van der Waals surface area contributed by atoms with Crippen LogP contribution in [0.4, 0.5) is 10.1 Å². The number of halogens is 2. The van der Waals surface area contributed by atoms with E-state index < -0.39 is 11.4 Å². The lowest BCUT2D eigenvalue weighted by Gasteiger charge is -2.26. The van der Waals surface area contributed by atoms with Crippen LogP contribution in [0.5, 0.6) is 0 Å². The SMILES string of the molecule is Nc1cc(C(=O)NCC2(O)CCCCCC2)c(Br)cc1F. The number of carbonyl (C=O) groups is 1. The largest absolute Gasteiger partial charge is 0.396 e. The number of hydrogen-bond donors (Lipinski definition) is 3. The van der Waals surface area contributed by atoms with Crippen LogP contribution in [0.1, 0.15) is 48.9 Å². The Labute approximate surface area is 132 Å². The number of nitrogen functional groups attached to an aromatic ring is 1. The third kappa shape index (κ3) is 4.17. The van der Waals surface area contributed by atoms with Crippen molar-refractivity contribution in [3.63, 3.8) is 0 Å². The fourth-order valence-electron chi connectivity index (χ4n) is 2.64.